The van der Waals surface area contributed by atoms with Crippen molar-refractivity contribution in [1.29, 1.82) is 0 Å². The summed E-state index contributed by atoms with van der Waals surface area (Å²) in [6.07, 6.45) is 9.63. The Balaban J connectivity index is 1.83. The minimum atomic E-state index is -3.57. The maximum Gasteiger partial charge on any atom is 0.272 e. The number of benzene rings is 1. The third kappa shape index (κ3) is 3.66. The molecule has 0 bridgehead atoms. The van der Waals surface area contributed by atoms with E-state index in [0.29, 0.717) is 24.3 Å². The Morgan fingerprint density at radius 3 is 2.62 bits per heavy atom. The molecule has 1 aromatic heterocycles. The van der Waals surface area contributed by atoms with Crippen molar-refractivity contribution in [2.45, 2.75) is 24.2 Å². The molecule has 0 saturated carbocycles. The van der Waals surface area contributed by atoms with E-state index in [1.54, 1.807) is 31.3 Å². The van der Waals surface area contributed by atoms with E-state index in [1.165, 1.54) is 21.1 Å². The van der Waals surface area contributed by atoms with Gasteiger partial charge in [0.15, 0.2) is 0 Å². The second-order valence-corrected chi connectivity index (χ2v) is 8.25. The van der Waals surface area contributed by atoms with Crippen molar-refractivity contribution in [3.05, 3.63) is 47.8 Å². The van der Waals surface area contributed by atoms with Crippen LogP contribution in [0.5, 0.6) is 0 Å². The Labute approximate surface area is 153 Å². The molecule has 1 N–H and O–H groups in total. The van der Waals surface area contributed by atoms with Gasteiger partial charge in [-0.05, 0) is 37.1 Å². The summed E-state index contributed by atoms with van der Waals surface area (Å²) in [6.45, 7) is 1.05. The number of amides is 1. The molecule has 2 aromatic rings. The molecule has 0 unspecified atom stereocenters. The lowest BCUT2D eigenvalue weighted by molar-refractivity contribution is 0.101. The number of aryl methyl sites for hydroxylation is 1. The first-order valence-corrected chi connectivity index (χ1v) is 9.90. The molecule has 1 aliphatic heterocycles. The average molecular weight is 371 g/mol. The van der Waals surface area contributed by atoms with Crippen LogP contribution in [0.2, 0.25) is 0 Å². The lowest BCUT2D eigenvalue weighted by atomic mass is 10.2. The smallest absolute Gasteiger partial charge is 0.272 e. The average Bonchev–Trinajstić information content (AvgIpc) is 3.05. The highest BCUT2D eigenvalue weighted by molar-refractivity contribution is 7.89. The molecule has 7 heteroatoms. The summed E-state index contributed by atoms with van der Waals surface area (Å²) in [5.41, 5.74) is 1.49. The second-order valence-electron chi connectivity index (χ2n) is 6.32. The van der Waals surface area contributed by atoms with Gasteiger partial charge in [-0.3, -0.25) is 4.79 Å². The lowest BCUT2D eigenvalue weighted by Gasteiger charge is -2.25. The molecule has 1 fully saturated rings. The van der Waals surface area contributed by atoms with Crippen LogP contribution in [0, 0.1) is 12.3 Å². The number of carbonyl (C=O) groups excluding carboxylic acids is 1. The zero-order chi connectivity index (χ0) is 18.7. The first-order chi connectivity index (χ1) is 12.4. The number of carbonyl (C=O) groups is 1. The van der Waals surface area contributed by atoms with Gasteiger partial charge in [0, 0.05) is 37.6 Å². The molecule has 0 atom stereocenters. The summed E-state index contributed by atoms with van der Waals surface area (Å²) in [6, 6.07) is 8.35. The minimum Gasteiger partial charge on any atom is -0.345 e. The zero-order valence-electron chi connectivity index (χ0n) is 14.6. The number of hydrogen-bond donors (Lipinski definition) is 1. The van der Waals surface area contributed by atoms with Crippen molar-refractivity contribution >= 4 is 21.6 Å². The highest BCUT2D eigenvalue weighted by Gasteiger charge is 2.28. The lowest BCUT2D eigenvalue weighted by Crippen LogP contribution is -2.35. The Morgan fingerprint density at radius 2 is 1.92 bits per heavy atom. The molecule has 3 rings (SSSR count). The van der Waals surface area contributed by atoms with Gasteiger partial charge in [0.25, 0.3) is 5.91 Å². The molecule has 136 valence electrons. The normalized spacial score (nSPS) is 15.4. The third-order valence-corrected chi connectivity index (χ3v) is 6.32. The highest BCUT2D eigenvalue weighted by Crippen LogP contribution is 2.23. The zero-order valence-corrected chi connectivity index (χ0v) is 15.4. The van der Waals surface area contributed by atoms with Crippen molar-refractivity contribution in [3.63, 3.8) is 0 Å². The van der Waals surface area contributed by atoms with Gasteiger partial charge in [0.05, 0.1) is 0 Å². The van der Waals surface area contributed by atoms with E-state index < -0.39 is 10.0 Å². The number of aromatic nitrogens is 1. The van der Waals surface area contributed by atoms with Gasteiger partial charge in [0.1, 0.15) is 10.6 Å². The standard InChI is InChI=1S/C19H21N3O3S/c1-3-15-8-7-9-16(12-15)20-19(23)18-13-17(14-21(18)2)26(24,25)22-10-5-4-6-11-22/h1,7-9,12-14H,4-6,10-11H2,2H3,(H,20,23). The molecule has 0 spiro atoms. The summed E-state index contributed by atoms with van der Waals surface area (Å²) in [5, 5.41) is 2.75. The van der Waals surface area contributed by atoms with Crippen LogP contribution in [-0.2, 0) is 17.1 Å². The van der Waals surface area contributed by atoms with E-state index in [9.17, 15) is 13.2 Å². The molecule has 1 saturated heterocycles. The predicted molar refractivity (Wildman–Crippen MR) is 100 cm³/mol. The summed E-state index contributed by atoms with van der Waals surface area (Å²) in [4.78, 5) is 12.7. The molecule has 0 aliphatic carbocycles. The van der Waals surface area contributed by atoms with Crippen LogP contribution in [0.1, 0.15) is 35.3 Å². The molecule has 2 heterocycles. The summed E-state index contributed by atoms with van der Waals surface area (Å²) >= 11 is 0. The Kier molecular flexibility index (Phi) is 5.16. The fourth-order valence-electron chi connectivity index (χ4n) is 3.04. The number of nitrogens with zero attached hydrogens (tertiary/aromatic N) is 2. The SMILES string of the molecule is C#Cc1cccc(NC(=O)c2cc(S(=O)(=O)N3CCCCC3)cn2C)c1. The van der Waals surface area contributed by atoms with Gasteiger partial charge in [-0.2, -0.15) is 4.31 Å². The van der Waals surface area contributed by atoms with Gasteiger partial charge < -0.3 is 9.88 Å². The van der Waals surface area contributed by atoms with Gasteiger partial charge >= 0.3 is 0 Å². The Hall–Kier alpha value is -2.56. The second kappa shape index (κ2) is 7.36. The molecule has 1 aromatic carbocycles. The number of nitrogens with one attached hydrogen (secondary N) is 1. The maximum absolute atomic E-state index is 12.8. The largest absolute Gasteiger partial charge is 0.345 e. The number of terminal acetylenes is 1. The van der Waals surface area contributed by atoms with Gasteiger partial charge in [0.2, 0.25) is 10.0 Å². The fraction of sp³-hybridized carbons (Fsp3) is 0.316. The van der Waals surface area contributed by atoms with Crippen LogP contribution in [0.25, 0.3) is 0 Å². The van der Waals surface area contributed by atoms with Crippen LogP contribution in [0.3, 0.4) is 0 Å². The molecule has 0 radical (unpaired) electrons. The topological polar surface area (TPSA) is 71.4 Å². The van der Waals surface area contributed by atoms with E-state index in [4.69, 9.17) is 6.42 Å². The van der Waals surface area contributed by atoms with E-state index in [0.717, 1.165) is 19.3 Å². The van der Waals surface area contributed by atoms with Crippen LogP contribution in [0.15, 0.2) is 41.4 Å². The van der Waals surface area contributed by atoms with Gasteiger partial charge in [-0.1, -0.05) is 18.4 Å². The number of piperidine rings is 1. The van der Waals surface area contributed by atoms with Crippen molar-refractivity contribution in [3.8, 4) is 12.3 Å². The fourth-order valence-corrected chi connectivity index (χ4v) is 4.63. The van der Waals surface area contributed by atoms with Gasteiger partial charge in [-0.15, -0.1) is 6.42 Å². The molecular formula is C19H21N3O3S. The maximum atomic E-state index is 12.8. The molecule has 1 amide bonds. The highest BCUT2D eigenvalue weighted by atomic mass is 32.2. The predicted octanol–water partition coefficient (Wildman–Crippen LogP) is 2.43. The molecule has 1 aliphatic rings. The van der Waals surface area contributed by atoms with Crippen LogP contribution >= 0.6 is 0 Å². The number of rotatable bonds is 4. The van der Waals surface area contributed by atoms with E-state index in [1.807, 2.05) is 0 Å². The van der Waals surface area contributed by atoms with Crippen LogP contribution in [-0.4, -0.2) is 36.3 Å². The summed E-state index contributed by atoms with van der Waals surface area (Å²) < 4.78 is 28.6. The summed E-state index contributed by atoms with van der Waals surface area (Å²) in [7, 11) is -1.92. The van der Waals surface area contributed by atoms with E-state index >= 15 is 0 Å². The molecule has 26 heavy (non-hydrogen) atoms. The van der Waals surface area contributed by atoms with Crippen molar-refractivity contribution in [1.82, 2.24) is 8.87 Å². The van der Waals surface area contributed by atoms with Gasteiger partial charge in [-0.25, -0.2) is 8.42 Å². The van der Waals surface area contributed by atoms with E-state index in [-0.39, 0.29) is 16.5 Å². The Bertz CT molecular complexity index is 964. The number of hydrogen-bond acceptors (Lipinski definition) is 3. The quantitative estimate of drug-likeness (QED) is 0.839. The molecular weight excluding hydrogens is 350 g/mol. The third-order valence-electron chi connectivity index (χ3n) is 4.45. The van der Waals surface area contributed by atoms with Crippen molar-refractivity contribution in [2.24, 2.45) is 7.05 Å². The first-order valence-electron chi connectivity index (χ1n) is 8.46. The molecule has 6 nitrogen and oxygen atoms in total. The van der Waals surface area contributed by atoms with Crippen LogP contribution < -0.4 is 5.32 Å². The monoisotopic (exact) mass is 371 g/mol. The van der Waals surface area contributed by atoms with Crippen LogP contribution in [0.4, 0.5) is 5.69 Å². The number of sulfonamides is 1. The first kappa shape index (κ1) is 18.2. The minimum absolute atomic E-state index is 0.143. The van der Waals surface area contributed by atoms with Crippen molar-refractivity contribution in [2.75, 3.05) is 18.4 Å². The van der Waals surface area contributed by atoms with E-state index in [2.05, 4.69) is 11.2 Å². The Morgan fingerprint density at radius 1 is 1.19 bits per heavy atom. The number of anilines is 1. The summed E-state index contributed by atoms with van der Waals surface area (Å²) in [5.74, 6) is 2.12. The van der Waals surface area contributed by atoms with Crippen molar-refractivity contribution < 1.29 is 13.2 Å².